The summed E-state index contributed by atoms with van der Waals surface area (Å²) in [5.74, 6) is 0.913. The summed E-state index contributed by atoms with van der Waals surface area (Å²) in [6.45, 7) is 1.04. The number of nitrogens with zero attached hydrogens (tertiary/aromatic N) is 1. The van der Waals surface area contributed by atoms with E-state index in [1.165, 1.54) is 30.4 Å². The molecule has 1 aromatic rings. The van der Waals surface area contributed by atoms with Gasteiger partial charge in [-0.25, -0.2) is 0 Å². The first-order valence-corrected chi connectivity index (χ1v) is 6.59. The Morgan fingerprint density at radius 3 is 3.00 bits per heavy atom. The second kappa shape index (κ2) is 4.50. The first-order chi connectivity index (χ1) is 8.38. The van der Waals surface area contributed by atoms with Crippen LogP contribution in [0.25, 0.3) is 0 Å². The van der Waals surface area contributed by atoms with E-state index in [-0.39, 0.29) is 5.92 Å². The molecule has 88 valence electrons. The molecule has 2 heteroatoms. The van der Waals surface area contributed by atoms with Crippen LogP contribution < -0.4 is 5.32 Å². The fourth-order valence-corrected chi connectivity index (χ4v) is 3.20. The minimum absolute atomic E-state index is 0.241. The van der Waals surface area contributed by atoms with Gasteiger partial charge in [0.1, 0.15) is 0 Å². The van der Waals surface area contributed by atoms with Gasteiger partial charge in [-0.2, -0.15) is 5.26 Å². The largest absolute Gasteiger partial charge is 0.312 e. The van der Waals surface area contributed by atoms with E-state index in [1.807, 2.05) is 0 Å². The number of rotatable bonds is 3. The Labute approximate surface area is 103 Å². The van der Waals surface area contributed by atoms with E-state index in [1.54, 1.807) is 0 Å². The van der Waals surface area contributed by atoms with Crippen molar-refractivity contribution in [3.8, 4) is 6.07 Å². The predicted octanol–water partition coefficient (Wildman–Crippen LogP) is 2.61. The molecule has 17 heavy (non-hydrogen) atoms. The summed E-state index contributed by atoms with van der Waals surface area (Å²) in [5, 5.41) is 12.6. The lowest BCUT2D eigenvalue weighted by molar-refractivity contribution is 0.428. The standard InChI is InChI=1S/C15H18N2/c16-9-12-5-3-7-15(12)17-10-13-8-11-4-1-2-6-14(11)13/h1-2,4,6,12-13,15,17H,3,5,7-8,10H2. The van der Waals surface area contributed by atoms with Gasteiger partial charge in [0.25, 0.3) is 0 Å². The van der Waals surface area contributed by atoms with E-state index in [4.69, 9.17) is 5.26 Å². The van der Waals surface area contributed by atoms with Crippen molar-refractivity contribution < 1.29 is 0 Å². The van der Waals surface area contributed by atoms with Gasteiger partial charge in [-0.3, -0.25) is 0 Å². The zero-order chi connectivity index (χ0) is 11.7. The molecule has 3 atom stereocenters. The minimum atomic E-state index is 0.241. The monoisotopic (exact) mass is 226 g/mol. The Balaban J connectivity index is 1.55. The summed E-state index contributed by atoms with van der Waals surface area (Å²) in [7, 11) is 0. The van der Waals surface area contributed by atoms with E-state index in [0.29, 0.717) is 12.0 Å². The first kappa shape index (κ1) is 10.8. The third-order valence-electron chi connectivity index (χ3n) is 4.27. The van der Waals surface area contributed by atoms with Crippen molar-refractivity contribution in [1.29, 1.82) is 5.26 Å². The fraction of sp³-hybridized carbons (Fsp3) is 0.533. The summed E-state index contributed by atoms with van der Waals surface area (Å²) in [4.78, 5) is 0. The molecule has 0 radical (unpaired) electrons. The second-order valence-corrected chi connectivity index (χ2v) is 5.28. The maximum absolute atomic E-state index is 9.04. The molecule has 2 nitrogen and oxygen atoms in total. The van der Waals surface area contributed by atoms with Crippen LogP contribution in [0.4, 0.5) is 0 Å². The molecule has 0 bridgehead atoms. The molecule has 0 heterocycles. The van der Waals surface area contributed by atoms with Crippen molar-refractivity contribution in [3.05, 3.63) is 35.4 Å². The van der Waals surface area contributed by atoms with Crippen molar-refractivity contribution in [2.45, 2.75) is 37.6 Å². The fourth-order valence-electron chi connectivity index (χ4n) is 3.20. The van der Waals surface area contributed by atoms with Gasteiger partial charge in [-0.15, -0.1) is 0 Å². The van der Waals surface area contributed by atoms with Crippen LogP contribution in [-0.4, -0.2) is 12.6 Å². The Morgan fingerprint density at radius 1 is 1.29 bits per heavy atom. The molecule has 0 amide bonds. The average molecular weight is 226 g/mol. The number of hydrogen-bond donors (Lipinski definition) is 1. The van der Waals surface area contributed by atoms with Gasteiger partial charge in [-0.1, -0.05) is 30.7 Å². The highest BCUT2D eigenvalue weighted by atomic mass is 14.9. The SMILES string of the molecule is N#CC1CCCC1NCC1Cc2ccccc21. The van der Waals surface area contributed by atoms with Crippen molar-refractivity contribution >= 4 is 0 Å². The van der Waals surface area contributed by atoms with Gasteiger partial charge in [0.15, 0.2) is 0 Å². The molecule has 2 aliphatic carbocycles. The molecule has 0 aromatic heterocycles. The Hall–Kier alpha value is -1.33. The first-order valence-electron chi connectivity index (χ1n) is 6.59. The molecule has 1 aromatic carbocycles. The van der Waals surface area contributed by atoms with E-state index in [9.17, 15) is 0 Å². The quantitative estimate of drug-likeness (QED) is 0.860. The smallest absolute Gasteiger partial charge is 0.0672 e. The van der Waals surface area contributed by atoms with Gasteiger partial charge >= 0.3 is 0 Å². The van der Waals surface area contributed by atoms with E-state index < -0.39 is 0 Å². The Kier molecular flexibility index (Phi) is 2.86. The lowest BCUT2D eigenvalue weighted by Crippen LogP contribution is -2.37. The molecule has 2 aliphatic rings. The highest BCUT2D eigenvalue weighted by molar-refractivity contribution is 5.40. The van der Waals surface area contributed by atoms with Crippen LogP contribution in [0.3, 0.4) is 0 Å². The van der Waals surface area contributed by atoms with Gasteiger partial charge in [-0.05, 0) is 30.4 Å². The normalized spacial score (nSPS) is 30.4. The van der Waals surface area contributed by atoms with Crippen LogP contribution in [-0.2, 0) is 6.42 Å². The van der Waals surface area contributed by atoms with Gasteiger partial charge in [0.2, 0.25) is 0 Å². The number of fused-ring (bicyclic) bond motifs is 1. The second-order valence-electron chi connectivity index (χ2n) is 5.28. The van der Waals surface area contributed by atoms with Crippen LogP contribution in [0, 0.1) is 17.2 Å². The number of nitriles is 1. The van der Waals surface area contributed by atoms with Crippen LogP contribution >= 0.6 is 0 Å². The van der Waals surface area contributed by atoms with Crippen LogP contribution in [0.15, 0.2) is 24.3 Å². The average Bonchev–Trinajstić information content (AvgIpc) is 2.78. The Morgan fingerprint density at radius 2 is 2.18 bits per heavy atom. The number of benzene rings is 1. The molecule has 3 rings (SSSR count). The molecular formula is C15H18N2. The zero-order valence-corrected chi connectivity index (χ0v) is 10.0. The van der Waals surface area contributed by atoms with E-state index in [2.05, 4.69) is 35.7 Å². The van der Waals surface area contributed by atoms with Crippen molar-refractivity contribution in [2.24, 2.45) is 5.92 Å². The van der Waals surface area contributed by atoms with Crippen LogP contribution in [0.5, 0.6) is 0 Å². The maximum Gasteiger partial charge on any atom is 0.0672 e. The highest BCUT2D eigenvalue weighted by Gasteiger charge is 2.30. The molecule has 1 N–H and O–H groups in total. The summed E-state index contributed by atoms with van der Waals surface area (Å²) >= 11 is 0. The summed E-state index contributed by atoms with van der Waals surface area (Å²) in [5.41, 5.74) is 3.01. The third kappa shape index (κ3) is 1.96. The minimum Gasteiger partial charge on any atom is -0.312 e. The van der Waals surface area contributed by atoms with Crippen LogP contribution in [0.2, 0.25) is 0 Å². The molecule has 1 saturated carbocycles. The molecule has 1 fully saturated rings. The third-order valence-corrected chi connectivity index (χ3v) is 4.27. The van der Waals surface area contributed by atoms with E-state index in [0.717, 1.165) is 13.0 Å². The van der Waals surface area contributed by atoms with Crippen molar-refractivity contribution in [2.75, 3.05) is 6.54 Å². The molecule has 0 spiro atoms. The predicted molar refractivity (Wildman–Crippen MR) is 67.6 cm³/mol. The molecular weight excluding hydrogens is 208 g/mol. The van der Waals surface area contributed by atoms with Crippen molar-refractivity contribution in [1.82, 2.24) is 5.32 Å². The Bertz CT molecular complexity index is 446. The molecule has 3 unspecified atom stereocenters. The van der Waals surface area contributed by atoms with Crippen LogP contribution in [0.1, 0.15) is 36.3 Å². The van der Waals surface area contributed by atoms with Gasteiger partial charge < -0.3 is 5.32 Å². The maximum atomic E-state index is 9.04. The summed E-state index contributed by atoms with van der Waals surface area (Å²) in [6, 6.07) is 11.6. The highest BCUT2D eigenvalue weighted by Crippen LogP contribution is 2.34. The summed E-state index contributed by atoms with van der Waals surface area (Å²) in [6.07, 6.45) is 4.66. The van der Waals surface area contributed by atoms with Crippen molar-refractivity contribution in [3.63, 3.8) is 0 Å². The van der Waals surface area contributed by atoms with Gasteiger partial charge in [0.05, 0.1) is 12.0 Å². The number of nitrogens with one attached hydrogen (secondary N) is 1. The van der Waals surface area contributed by atoms with Gasteiger partial charge in [0, 0.05) is 18.5 Å². The topological polar surface area (TPSA) is 35.8 Å². The lowest BCUT2D eigenvalue weighted by Gasteiger charge is -2.31. The lowest BCUT2D eigenvalue weighted by atomic mass is 9.77. The molecule has 0 saturated heterocycles. The van der Waals surface area contributed by atoms with E-state index >= 15 is 0 Å². The molecule has 0 aliphatic heterocycles. The summed E-state index contributed by atoms with van der Waals surface area (Å²) < 4.78 is 0. The zero-order valence-electron chi connectivity index (χ0n) is 10.0. The number of hydrogen-bond acceptors (Lipinski definition) is 2.